The van der Waals surface area contributed by atoms with E-state index in [9.17, 15) is 29.2 Å². The molecule has 0 unspecified atom stereocenters. The van der Waals surface area contributed by atoms with Gasteiger partial charge in [0, 0.05) is 37.2 Å². The fourth-order valence-corrected chi connectivity index (χ4v) is 5.06. The first kappa shape index (κ1) is 41.2. The molecule has 1 aromatic rings. The molecule has 1 fully saturated rings. The summed E-state index contributed by atoms with van der Waals surface area (Å²) in [5.74, 6) is -1.45. The number of thiocarbonyl (C=S) groups is 2. The number of ketones is 2. The van der Waals surface area contributed by atoms with E-state index in [2.05, 4.69) is 42.3 Å². The van der Waals surface area contributed by atoms with Gasteiger partial charge in [0.25, 0.3) is 5.91 Å². The number of benzene rings is 1. The highest BCUT2D eigenvalue weighted by atomic mass is 32.1. The predicted molar refractivity (Wildman–Crippen MR) is 199 cm³/mol. The summed E-state index contributed by atoms with van der Waals surface area (Å²) in [6.07, 6.45) is 3.96. The summed E-state index contributed by atoms with van der Waals surface area (Å²) in [5, 5.41) is 39.4. The van der Waals surface area contributed by atoms with Crippen LogP contribution in [0, 0.1) is 0 Å². The lowest BCUT2D eigenvalue weighted by Gasteiger charge is -2.27. The molecule has 1 heterocycles. The Kier molecular flexibility index (Phi) is 18.4. The van der Waals surface area contributed by atoms with E-state index in [1.807, 2.05) is 6.92 Å². The number of carbonyl (C=O) groups is 4. The molecule has 0 radical (unpaired) electrons. The van der Waals surface area contributed by atoms with Crippen LogP contribution in [0.4, 0.5) is 5.69 Å². The minimum absolute atomic E-state index is 0.00308. The van der Waals surface area contributed by atoms with Crippen LogP contribution in [0.5, 0.6) is 0 Å². The molecule has 2 rings (SSSR count). The zero-order valence-electron chi connectivity index (χ0n) is 28.5. The van der Waals surface area contributed by atoms with Gasteiger partial charge in [0.1, 0.15) is 6.04 Å². The van der Waals surface area contributed by atoms with Gasteiger partial charge in [-0.2, -0.15) is 10.2 Å². The molecule has 1 aromatic carbocycles. The smallest absolute Gasteiger partial charge is 0.426 e. The molecule has 1 aliphatic heterocycles. The number of nitrogens with one attached hydrogen (secondary N) is 6. The molecule has 8 N–H and O–H groups in total. The van der Waals surface area contributed by atoms with Crippen molar-refractivity contribution in [2.45, 2.75) is 84.6 Å². The van der Waals surface area contributed by atoms with Crippen LogP contribution >= 0.6 is 24.4 Å². The number of amides is 2. The van der Waals surface area contributed by atoms with E-state index in [1.54, 1.807) is 45.0 Å². The predicted octanol–water partition coefficient (Wildman–Crippen LogP) is 1.01. The van der Waals surface area contributed by atoms with Crippen molar-refractivity contribution in [3.05, 3.63) is 29.8 Å². The van der Waals surface area contributed by atoms with Crippen molar-refractivity contribution < 1.29 is 29.2 Å². The van der Waals surface area contributed by atoms with Crippen molar-refractivity contribution in [2.24, 2.45) is 10.2 Å². The highest BCUT2D eigenvalue weighted by Gasteiger charge is 2.38. The highest BCUT2D eigenvalue weighted by Crippen LogP contribution is 2.19. The van der Waals surface area contributed by atoms with Crippen LogP contribution in [0.3, 0.4) is 0 Å². The van der Waals surface area contributed by atoms with Crippen LogP contribution in [0.2, 0.25) is 0 Å². The number of Topliss-reactive ketones (excluding diaryl/α,β-unsaturated/α-hetero) is 2. The number of nitrogens with zero attached hydrogens (tertiary/aromatic N) is 3. The molecule has 0 saturated carbocycles. The summed E-state index contributed by atoms with van der Waals surface area (Å²) in [6.45, 7) is 8.31. The second-order valence-electron chi connectivity index (χ2n) is 11.6. The van der Waals surface area contributed by atoms with Crippen molar-refractivity contribution in [1.29, 1.82) is 0 Å². The van der Waals surface area contributed by atoms with Crippen molar-refractivity contribution >= 4 is 82.3 Å². The maximum atomic E-state index is 12.7. The molecular formula is C31H48BN9O6S2. The van der Waals surface area contributed by atoms with Gasteiger partial charge in [0.2, 0.25) is 5.91 Å². The third kappa shape index (κ3) is 15.4. The molecule has 1 aliphatic rings. The molecular weight excluding hydrogens is 669 g/mol. The van der Waals surface area contributed by atoms with E-state index >= 15 is 0 Å². The van der Waals surface area contributed by atoms with Crippen molar-refractivity contribution in [3.63, 3.8) is 0 Å². The quantitative estimate of drug-likeness (QED) is 0.0331. The minimum atomic E-state index is -1.62. The molecule has 0 aromatic heterocycles. The Balaban J connectivity index is 1.60. The standard InChI is InChI=1S/C31H48BN9O6S2/c1-5-33-30(48)39-37-20(2)21(3)38-40-31(49)35-19-26(43)11-8-6-7-10-25(42)18-34-24-15-13-23(14-16-24)28(44)36-22(4)29(45)41-17-9-12-27(41)32(46)47/h13-16,22,27,34,46-47H,5-12,17-19H2,1-4H3,(H,36,44)(H2,33,39,48)(H2,35,40,49)/b37-20+,38-21+/t22-,27+/m1/s1. The van der Waals surface area contributed by atoms with Gasteiger partial charge in [-0.1, -0.05) is 6.42 Å². The summed E-state index contributed by atoms with van der Waals surface area (Å²) in [7, 11) is -1.62. The molecule has 1 saturated heterocycles. The van der Waals surface area contributed by atoms with Gasteiger partial charge in [0.15, 0.2) is 21.8 Å². The number of likely N-dealkylation sites (tertiary alicyclic amines) is 1. The first-order valence-electron chi connectivity index (χ1n) is 16.3. The monoisotopic (exact) mass is 717 g/mol. The molecule has 18 heteroatoms. The van der Waals surface area contributed by atoms with E-state index in [4.69, 9.17) is 24.4 Å². The molecule has 268 valence electrons. The van der Waals surface area contributed by atoms with Crippen LogP contribution in [0.15, 0.2) is 34.5 Å². The molecule has 15 nitrogen and oxygen atoms in total. The average molecular weight is 718 g/mol. The molecule has 0 aliphatic carbocycles. The Bertz CT molecular complexity index is 1380. The first-order chi connectivity index (χ1) is 23.3. The first-order valence-corrected chi connectivity index (χ1v) is 17.1. The number of hydrazone groups is 2. The van der Waals surface area contributed by atoms with Crippen LogP contribution < -0.4 is 32.1 Å². The van der Waals surface area contributed by atoms with Crippen molar-refractivity contribution in [3.8, 4) is 0 Å². The zero-order chi connectivity index (χ0) is 36.3. The van der Waals surface area contributed by atoms with E-state index in [0.29, 0.717) is 79.4 Å². The Morgan fingerprint density at radius 1 is 0.918 bits per heavy atom. The van der Waals surface area contributed by atoms with Crippen molar-refractivity contribution in [2.75, 3.05) is 31.5 Å². The highest BCUT2D eigenvalue weighted by molar-refractivity contribution is 7.80. The lowest BCUT2D eigenvalue weighted by Crippen LogP contribution is -2.52. The SMILES string of the molecule is CCNC(=S)N/N=C(C)/C(C)=N/NC(=S)NCC(=O)CCCCCC(=O)CNc1ccc(C(=O)N[C@H](C)C(=O)N2CCC[C@H]2B(O)O)cc1. The number of carbonyl (C=O) groups excluding carboxylic acids is 4. The average Bonchev–Trinajstić information content (AvgIpc) is 3.58. The Morgan fingerprint density at radius 2 is 1.49 bits per heavy atom. The number of rotatable bonds is 19. The van der Waals surface area contributed by atoms with E-state index < -0.39 is 25.0 Å². The normalized spacial score (nSPS) is 15.1. The summed E-state index contributed by atoms with van der Waals surface area (Å²) < 4.78 is 0. The summed E-state index contributed by atoms with van der Waals surface area (Å²) in [5.41, 5.74) is 7.61. The largest absolute Gasteiger partial charge is 0.475 e. The number of hydrogen-bond donors (Lipinski definition) is 8. The topological polar surface area (TPSA) is 209 Å². The van der Waals surface area contributed by atoms with Gasteiger partial charge < -0.3 is 36.2 Å². The van der Waals surface area contributed by atoms with Gasteiger partial charge in [-0.05, 0) is 102 Å². The summed E-state index contributed by atoms with van der Waals surface area (Å²) >= 11 is 10.2. The van der Waals surface area contributed by atoms with E-state index in [1.165, 1.54) is 4.90 Å². The minimum Gasteiger partial charge on any atom is -0.426 e. The van der Waals surface area contributed by atoms with E-state index in [0.717, 1.165) is 6.42 Å². The number of anilines is 1. The lowest BCUT2D eigenvalue weighted by molar-refractivity contribution is -0.132. The number of unbranched alkanes of at least 4 members (excludes halogenated alkanes) is 2. The maximum absolute atomic E-state index is 12.7. The molecule has 49 heavy (non-hydrogen) atoms. The molecule has 2 amide bonds. The Hall–Kier alpha value is -4.00. The summed E-state index contributed by atoms with van der Waals surface area (Å²) in [4.78, 5) is 51.4. The van der Waals surface area contributed by atoms with Gasteiger partial charge in [-0.3, -0.25) is 30.0 Å². The molecule has 0 bridgehead atoms. The van der Waals surface area contributed by atoms with Gasteiger partial charge in [-0.25, -0.2) is 0 Å². The van der Waals surface area contributed by atoms with E-state index in [-0.39, 0.29) is 35.7 Å². The fraction of sp³-hybridized carbons (Fsp3) is 0.548. The third-order valence-electron chi connectivity index (χ3n) is 7.65. The third-order valence-corrected chi connectivity index (χ3v) is 8.12. The second-order valence-corrected chi connectivity index (χ2v) is 12.4. The van der Waals surface area contributed by atoms with Gasteiger partial charge in [-0.15, -0.1) is 0 Å². The lowest BCUT2D eigenvalue weighted by atomic mass is 9.78. The Morgan fingerprint density at radius 3 is 2.06 bits per heavy atom. The summed E-state index contributed by atoms with van der Waals surface area (Å²) in [6, 6.07) is 5.71. The second kappa shape index (κ2) is 21.9. The molecule has 0 spiro atoms. The van der Waals surface area contributed by atoms with Crippen molar-refractivity contribution in [1.82, 2.24) is 31.7 Å². The molecule has 2 atom stereocenters. The van der Waals surface area contributed by atoms with Gasteiger partial charge >= 0.3 is 7.12 Å². The maximum Gasteiger partial charge on any atom is 0.475 e. The Labute approximate surface area is 298 Å². The van der Waals surface area contributed by atoms with Crippen LogP contribution in [-0.4, -0.2) is 105 Å². The van der Waals surface area contributed by atoms with Crippen LogP contribution in [0.25, 0.3) is 0 Å². The van der Waals surface area contributed by atoms with Crippen LogP contribution in [0.1, 0.15) is 83.0 Å². The van der Waals surface area contributed by atoms with Gasteiger partial charge in [0.05, 0.1) is 30.5 Å². The van der Waals surface area contributed by atoms with Crippen LogP contribution in [-0.2, 0) is 14.4 Å². The fourth-order valence-electron chi connectivity index (χ4n) is 4.75. The number of hydrogen-bond acceptors (Lipinski definition) is 11. The zero-order valence-corrected chi connectivity index (χ0v) is 30.1.